The lowest BCUT2D eigenvalue weighted by Crippen LogP contribution is -2.40. The third-order valence-corrected chi connectivity index (χ3v) is 2.84. The zero-order chi connectivity index (χ0) is 13.0. The molecule has 1 fully saturated rings. The van der Waals surface area contributed by atoms with Crippen molar-refractivity contribution >= 4 is 11.9 Å². The second-order valence-electron chi connectivity index (χ2n) is 4.25. The zero-order valence-corrected chi connectivity index (χ0v) is 9.96. The molecule has 1 aromatic rings. The summed E-state index contributed by atoms with van der Waals surface area (Å²) in [6, 6.07) is 7.30. The Morgan fingerprint density at radius 2 is 1.94 bits per heavy atom. The highest BCUT2D eigenvalue weighted by atomic mass is 16.5. The van der Waals surface area contributed by atoms with Gasteiger partial charge in [0.15, 0.2) is 0 Å². The maximum atomic E-state index is 11.5. The van der Waals surface area contributed by atoms with Gasteiger partial charge in [-0.25, -0.2) is 0 Å². The van der Waals surface area contributed by atoms with Crippen LogP contribution in [0.5, 0.6) is 0 Å². The number of benzene rings is 1. The van der Waals surface area contributed by atoms with Gasteiger partial charge in [-0.05, 0) is 11.1 Å². The van der Waals surface area contributed by atoms with E-state index in [2.05, 4.69) is 0 Å². The molecule has 1 saturated heterocycles. The minimum Gasteiger partial charge on any atom is -0.481 e. The molecule has 0 bridgehead atoms. The minimum absolute atomic E-state index is 0.00383. The number of morpholine rings is 1. The predicted octanol–water partition coefficient (Wildman–Crippen LogP) is 0.672. The summed E-state index contributed by atoms with van der Waals surface area (Å²) in [6.07, 6.45) is 0.0246. The summed E-state index contributed by atoms with van der Waals surface area (Å²) < 4.78 is 5.06. The summed E-state index contributed by atoms with van der Waals surface area (Å²) in [6.45, 7) is 1.88. The first kappa shape index (κ1) is 12.6. The third-order valence-electron chi connectivity index (χ3n) is 2.84. The molecule has 5 nitrogen and oxygen atoms in total. The van der Waals surface area contributed by atoms with Crippen LogP contribution in [0.4, 0.5) is 0 Å². The Balaban J connectivity index is 1.97. The van der Waals surface area contributed by atoms with E-state index in [1.165, 1.54) is 0 Å². The molecule has 0 unspecified atom stereocenters. The van der Waals surface area contributed by atoms with Crippen molar-refractivity contribution in [1.82, 2.24) is 4.90 Å². The smallest absolute Gasteiger partial charge is 0.307 e. The topological polar surface area (TPSA) is 66.8 Å². The van der Waals surface area contributed by atoms with Gasteiger partial charge in [-0.2, -0.15) is 0 Å². The van der Waals surface area contributed by atoms with Gasteiger partial charge in [0.2, 0.25) is 5.91 Å². The average Bonchev–Trinajstić information content (AvgIpc) is 2.34. The lowest BCUT2D eigenvalue weighted by atomic mass is 10.1. The lowest BCUT2D eigenvalue weighted by Gasteiger charge is -2.26. The first-order valence-electron chi connectivity index (χ1n) is 5.80. The number of amides is 1. The van der Waals surface area contributed by atoms with Crippen LogP contribution in [-0.2, 0) is 27.3 Å². The molecule has 0 aromatic heterocycles. The summed E-state index contributed by atoms with van der Waals surface area (Å²) in [7, 11) is 0. The molecule has 2 rings (SSSR count). The van der Waals surface area contributed by atoms with Crippen molar-refractivity contribution in [3.63, 3.8) is 0 Å². The van der Waals surface area contributed by atoms with Gasteiger partial charge in [-0.15, -0.1) is 0 Å². The average molecular weight is 249 g/mol. The molecule has 1 heterocycles. The first-order chi connectivity index (χ1) is 8.65. The number of hydrogen-bond donors (Lipinski definition) is 1. The van der Waals surface area contributed by atoms with Gasteiger partial charge < -0.3 is 14.7 Å². The summed E-state index contributed by atoms with van der Waals surface area (Å²) in [5, 5.41) is 8.67. The number of carboxylic acid groups (broad SMARTS) is 1. The first-order valence-corrected chi connectivity index (χ1v) is 5.80. The Morgan fingerprint density at radius 3 is 2.56 bits per heavy atom. The Bertz CT molecular complexity index is 441. The fourth-order valence-corrected chi connectivity index (χ4v) is 1.87. The van der Waals surface area contributed by atoms with Crippen LogP contribution >= 0.6 is 0 Å². The summed E-state index contributed by atoms with van der Waals surface area (Å²) in [5.74, 6) is -0.845. The number of carboxylic acids is 1. The number of hydrogen-bond acceptors (Lipinski definition) is 3. The molecule has 1 N–H and O–H groups in total. The highest BCUT2D eigenvalue weighted by molar-refractivity contribution is 5.78. The molecule has 0 atom stereocenters. The molecule has 5 heteroatoms. The van der Waals surface area contributed by atoms with Crippen LogP contribution in [-0.4, -0.2) is 41.6 Å². The standard InChI is InChI=1S/C13H15NO4/c15-12-9-18-6-5-14(12)8-11-3-1-10(2-4-11)7-13(16)17/h1-4H,5-9H2,(H,16,17). The molecule has 0 aliphatic carbocycles. The molecule has 1 amide bonds. The lowest BCUT2D eigenvalue weighted by molar-refractivity contribution is -0.143. The summed E-state index contributed by atoms with van der Waals surface area (Å²) in [4.78, 5) is 23.8. The largest absolute Gasteiger partial charge is 0.481 e. The van der Waals surface area contributed by atoms with Gasteiger partial charge in [0.05, 0.1) is 13.0 Å². The number of carbonyl (C=O) groups is 2. The van der Waals surface area contributed by atoms with Gasteiger partial charge in [-0.3, -0.25) is 9.59 Å². The Kier molecular flexibility index (Phi) is 3.94. The molecule has 0 saturated carbocycles. The molecule has 96 valence electrons. The highest BCUT2D eigenvalue weighted by Gasteiger charge is 2.18. The van der Waals surface area contributed by atoms with E-state index in [9.17, 15) is 9.59 Å². The molecule has 1 aromatic carbocycles. The number of aliphatic carboxylic acids is 1. The number of ether oxygens (including phenoxy) is 1. The van der Waals surface area contributed by atoms with E-state index in [1.54, 1.807) is 17.0 Å². The molecular weight excluding hydrogens is 234 g/mol. The van der Waals surface area contributed by atoms with Crippen molar-refractivity contribution in [3.05, 3.63) is 35.4 Å². The maximum Gasteiger partial charge on any atom is 0.307 e. The van der Waals surface area contributed by atoms with Gasteiger partial charge in [-0.1, -0.05) is 24.3 Å². The van der Waals surface area contributed by atoms with Crippen LogP contribution in [0.2, 0.25) is 0 Å². The number of carbonyl (C=O) groups excluding carboxylic acids is 1. The van der Waals surface area contributed by atoms with E-state index in [1.807, 2.05) is 12.1 Å². The van der Waals surface area contributed by atoms with E-state index in [0.29, 0.717) is 19.7 Å². The predicted molar refractivity (Wildman–Crippen MR) is 64.0 cm³/mol. The van der Waals surface area contributed by atoms with Crippen LogP contribution in [0.15, 0.2) is 24.3 Å². The third kappa shape index (κ3) is 3.30. The minimum atomic E-state index is -0.842. The van der Waals surface area contributed by atoms with Crippen molar-refractivity contribution in [2.75, 3.05) is 19.8 Å². The Labute approximate surface area is 105 Å². The highest BCUT2D eigenvalue weighted by Crippen LogP contribution is 2.10. The second kappa shape index (κ2) is 5.64. The monoisotopic (exact) mass is 249 g/mol. The van der Waals surface area contributed by atoms with Crippen molar-refractivity contribution in [2.24, 2.45) is 0 Å². The Morgan fingerprint density at radius 1 is 1.28 bits per heavy atom. The number of rotatable bonds is 4. The van der Waals surface area contributed by atoms with Crippen molar-refractivity contribution in [2.45, 2.75) is 13.0 Å². The maximum absolute atomic E-state index is 11.5. The van der Waals surface area contributed by atoms with Crippen LogP contribution < -0.4 is 0 Å². The molecule has 0 spiro atoms. The van der Waals surface area contributed by atoms with Crippen LogP contribution in [0.1, 0.15) is 11.1 Å². The van der Waals surface area contributed by atoms with E-state index < -0.39 is 5.97 Å². The summed E-state index contributed by atoms with van der Waals surface area (Å²) in [5.41, 5.74) is 1.76. The van der Waals surface area contributed by atoms with Crippen molar-refractivity contribution < 1.29 is 19.4 Å². The zero-order valence-electron chi connectivity index (χ0n) is 9.96. The fraction of sp³-hybridized carbons (Fsp3) is 0.385. The SMILES string of the molecule is O=C(O)Cc1ccc(CN2CCOCC2=O)cc1. The fourth-order valence-electron chi connectivity index (χ4n) is 1.87. The molecular formula is C13H15NO4. The van der Waals surface area contributed by atoms with Gasteiger partial charge >= 0.3 is 5.97 Å². The van der Waals surface area contributed by atoms with Crippen molar-refractivity contribution in [1.29, 1.82) is 0 Å². The van der Waals surface area contributed by atoms with Gasteiger partial charge in [0, 0.05) is 13.1 Å². The normalized spacial score (nSPS) is 15.8. The van der Waals surface area contributed by atoms with E-state index in [-0.39, 0.29) is 18.9 Å². The van der Waals surface area contributed by atoms with Crippen LogP contribution in [0.25, 0.3) is 0 Å². The molecule has 1 aliphatic rings. The van der Waals surface area contributed by atoms with E-state index in [4.69, 9.17) is 9.84 Å². The van der Waals surface area contributed by atoms with Gasteiger partial charge in [0.1, 0.15) is 6.61 Å². The molecule has 18 heavy (non-hydrogen) atoms. The molecule has 0 radical (unpaired) electrons. The van der Waals surface area contributed by atoms with E-state index in [0.717, 1.165) is 11.1 Å². The van der Waals surface area contributed by atoms with Crippen LogP contribution in [0.3, 0.4) is 0 Å². The van der Waals surface area contributed by atoms with Crippen LogP contribution in [0, 0.1) is 0 Å². The van der Waals surface area contributed by atoms with Crippen molar-refractivity contribution in [3.8, 4) is 0 Å². The number of nitrogens with zero attached hydrogens (tertiary/aromatic N) is 1. The second-order valence-corrected chi connectivity index (χ2v) is 4.25. The quantitative estimate of drug-likeness (QED) is 0.851. The Hall–Kier alpha value is -1.88. The molecule has 1 aliphatic heterocycles. The van der Waals surface area contributed by atoms with E-state index >= 15 is 0 Å². The van der Waals surface area contributed by atoms with Gasteiger partial charge in [0.25, 0.3) is 0 Å². The summed E-state index contributed by atoms with van der Waals surface area (Å²) >= 11 is 0.